The first-order valence-electron chi connectivity index (χ1n) is 7.21. The Labute approximate surface area is 152 Å². The largest absolute Gasteiger partial charge is 0.462 e. The van der Waals surface area contributed by atoms with Crippen LogP contribution >= 0.6 is 11.6 Å². The van der Waals surface area contributed by atoms with Crippen molar-refractivity contribution in [1.29, 1.82) is 0 Å². The monoisotopic (exact) mass is 407 g/mol. The molecule has 2 aromatic carbocycles. The number of benzene rings is 2. The van der Waals surface area contributed by atoms with Gasteiger partial charge in [0.2, 0.25) is 0 Å². The van der Waals surface area contributed by atoms with Crippen LogP contribution in [0.25, 0.3) is 0 Å². The van der Waals surface area contributed by atoms with Crippen molar-refractivity contribution >= 4 is 33.3 Å². The fourth-order valence-electron chi connectivity index (χ4n) is 2.00. The first-order chi connectivity index (χ1) is 12.0. The molecular weight excluding hydrogens is 395 g/mol. The van der Waals surface area contributed by atoms with Gasteiger partial charge in [-0.25, -0.2) is 13.2 Å². The van der Waals surface area contributed by atoms with Crippen molar-refractivity contribution in [2.75, 3.05) is 11.3 Å². The van der Waals surface area contributed by atoms with E-state index in [0.29, 0.717) is 6.07 Å². The normalized spacial score (nSPS) is 11.9. The predicted molar refractivity (Wildman–Crippen MR) is 89.7 cm³/mol. The smallest absolute Gasteiger partial charge is 0.417 e. The Morgan fingerprint density at radius 3 is 2.31 bits per heavy atom. The number of halogens is 4. The molecule has 0 spiro atoms. The van der Waals surface area contributed by atoms with Crippen LogP contribution in [0.2, 0.25) is 5.02 Å². The summed E-state index contributed by atoms with van der Waals surface area (Å²) in [5, 5.41) is -0.542. The summed E-state index contributed by atoms with van der Waals surface area (Å²) in [6.07, 6.45) is -4.72. The van der Waals surface area contributed by atoms with Crippen LogP contribution in [0.4, 0.5) is 18.9 Å². The summed E-state index contributed by atoms with van der Waals surface area (Å²) >= 11 is 5.50. The lowest BCUT2D eigenvalue weighted by Gasteiger charge is -2.13. The highest BCUT2D eigenvalue weighted by molar-refractivity contribution is 7.92. The number of nitrogens with one attached hydrogen (secondary N) is 1. The maximum absolute atomic E-state index is 12.9. The first kappa shape index (κ1) is 20.1. The third-order valence-electron chi connectivity index (χ3n) is 3.20. The van der Waals surface area contributed by atoms with Crippen molar-refractivity contribution < 1.29 is 31.1 Å². The van der Waals surface area contributed by atoms with Crippen LogP contribution in [0.1, 0.15) is 22.8 Å². The number of anilines is 1. The number of esters is 1. The van der Waals surface area contributed by atoms with Gasteiger partial charge in [-0.05, 0) is 49.4 Å². The highest BCUT2D eigenvalue weighted by Gasteiger charge is 2.33. The predicted octanol–water partition coefficient (Wildman–Crippen LogP) is 4.34. The molecule has 5 nitrogen and oxygen atoms in total. The van der Waals surface area contributed by atoms with Crippen LogP contribution in [0.5, 0.6) is 0 Å². The van der Waals surface area contributed by atoms with Crippen molar-refractivity contribution in [3.63, 3.8) is 0 Å². The fourth-order valence-corrected chi connectivity index (χ4v) is 3.28. The summed E-state index contributed by atoms with van der Waals surface area (Å²) in [4.78, 5) is 11.3. The Hall–Kier alpha value is -2.26. The van der Waals surface area contributed by atoms with Crippen molar-refractivity contribution in [2.45, 2.75) is 18.0 Å². The zero-order valence-electron chi connectivity index (χ0n) is 13.3. The molecule has 0 aliphatic heterocycles. The highest BCUT2D eigenvalue weighted by Crippen LogP contribution is 2.36. The lowest BCUT2D eigenvalue weighted by Crippen LogP contribution is -2.14. The molecule has 0 aliphatic rings. The molecule has 0 heterocycles. The van der Waals surface area contributed by atoms with Crippen molar-refractivity contribution in [3.05, 3.63) is 58.6 Å². The van der Waals surface area contributed by atoms with Gasteiger partial charge in [0.25, 0.3) is 10.0 Å². The van der Waals surface area contributed by atoms with Crippen LogP contribution in [-0.2, 0) is 20.9 Å². The van der Waals surface area contributed by atoms with Crippen molar-refractivity contribution in [2.24, 2.45) is 0 Å². The number of carbonyl (C=O) groups excluding carboxylic acids is 1. The Morgan fingerprint density at radius 1 is 1.15 bits per heavy atom. The topological polar surface area (TPSA) is 72.5 Å². The minimum Gasteiger partial charge on any atom is -0.462 e. The Balaban J connectivity index is 2.28. The van der Waals surface area contributed by atoms with E-state index in [1.165, 1.54) is 12.1 Å². The highest BCUT2D eigenvalue weighted by atomic mass is 35.5. The molecule has 140 valence electrons. The molecular formula is C16H13ClF3NO4S. The number of ether oxygens (including phenoxy) is 1. The summed E-state index contributed by atoms with van der Waals surface area (Å²) in [5.41, 5.74) is -1.30. The molecule has 0 fully saturated rings. The lowest BCUT2D eigenvalue weighted by molar-refractivity contribution is -0.137. The number of sulfonamides is 1. The van der Waals surface area contributed by atoms with Gasteiger partial charge in [-0.1, -0.05) is 11.6 Å². The molecule has 0 aromatic heterocycles. The summed E-state index contributed by atoms with van der Waals surface area (Å²) in [5.74, 6) is -0.614. The molecule has 10 heteroatoms. The Morgan fingerprint density at radius 2 is 1.77 bits per heavy atom. The van der Waals surface area contributed by atoms with Crippen LogP contribution in [-0.4, -0.2) is 21.0 Å². The summed E-state index contributed by atoms with van der Waals surface area (Å²) < 4.78 is 70.0. The van der Waals surface area contributed by atoms with E-state index in [4.69, 9.17) is 16.3 Å². The average molecular weight is 408 g/mol. The van der Waals surface area contributed by atoms with E-state index in [1.807, 2.05) is 4.72 Å². The van der Waals surface area contributed by atoms with Gasteiger partial charge in [0.05, 0.1) is 27.7 Å². The molecule has 1 N–H and O–H groups in total. The zero-order chi connectivity index (χ0) is 19.5. The van der Waals surface area contributed by atoms with Gasteiger partial charge in [-0.15, -0.1) is 0 Å². The number of hydrogen-bond donors (Lipinski definition) is 1. The molecule has 0 saturated carbocycles. The molecule has 0 aliphatic carbocycles. The standard InChI is InChI=1S/C16H13ClF3NO4S/c1-2-25-15(22)10-3-6-12(7-4-10)26(23,24)21-11-5-8-14(17)13(9-11)16(18,19)20/h3-9,21H,2H2,1H3. The van der Waals surface area contributed by atoms with Gasteiger partial charge in [-0.2, -0.15) is 13.2 Å². The minimum atomic E-state index is -4.72. The zero-order valence-corrected chi connectivity index (χ0v) is 14.9. The molecule has 0 radical (unpaired) electrons. The average Bonchev–Trinajstić information content (AvgIpc) is 2.56. The summed E-state index contributed by atoms with van der Waals surface area (Å²) in [7, 11) is -4.16. The van der Waals surface area contributed by atoms with Gasteiger partial charge in [0, 0.05) is 5.69 Å². The van der Waals surface area contributed by atoms with E-state index in [0.717, 1.165) is 24.3 Å². The second-order valence-corrected chi connectivity index (χ2v) is 7.13. The molecule has 2 rings (SSSR count). The second-order valence-electron chi connectivity index (χ2n) is 5.04. The van der Waals surface area contributed by atoms with Gasteiger partial charge in [0.1, 0.15) is 0 Å². The summed E-state index contributed by atoms with van der Waals surface area (Å²) in [6.45, 7) is 1.79. The molecule has 0 unspecified atom stereocenters. The number of rotatable bonds is 5. The molecule has 0 amide bonds. The second kappa shape index (κ2) is 7.55. The third-order valence-corrected chi connectivity index (χ3v) is 4.93. The quantitative estimate of drug-likeness (QED) is 0.748. The van der Waals surface area contributed by atoms with Crippen LogP contribution in [0.15, 0.2) is 47.4 Å². The van der Waals surface area contributed by atoms with E-state index >= 15 is 0 Å². The van der Waals surface area contributed by atoms with Gasteiger partial charge in [-0.3, -0.25) is 4.72 Å². The lowest BCUT2D eigenvalue weighted by atomic mass is 10.2. The Kier molecular flexibility index (Phi) is 5.82. The van der Waals surface area contributed by atoms with Gasteiger partial charge in [0.15, 0.2) is 0 Å². The van der Waals surface area contributed by atoms with E-state index in [2.05, 4.69) is 0 Å². The maximum atomic E-state index is 12.9. The van der Waals surface area contributed by atoms with E-state index in [9.17, 15) is 26.4 Å². The van der Waals surface area contributed by atoms with E-state index < -0.39 is 32.8 Å². The fraction of sp³-hybridized carbons (Fsp3) is 0.188. The van der Waals surface area contributed by atoms with Crippen LogP contribution in [0.3, 0.4) is 0 Å². The first-order valence-corrected chi connectivity index (χ1v) is 9.07. The molecule has 26 heavy (non-hydrogen) atoms. The molecule has 0 saturated heterocycles. The molecule has 0 bridgehead atoms. The van der Waals surface area contributed by atoms with E-state index in [1.54, 1.807) is 6.92 Å². The number of carbonyl (C=O) groups is 1. The maximum Gasteiger partial charge on any atom is 0.417 e. The minimum absolute atomic E-state index is 0.150. The van der Waals surface area contributed by atoms with Gasteiger partial charge >= 0.3 is 12.1 Å². The Bertz CT molecular complexity index is 912. The SMILES string of the molecule is CCOC(=O)c1ccc(S(=O)(=O)Nc2ccc(Cl)c(C(F)(F)F)c2)cc1. The third kappa shape index (κ3) is 4.67. The molecule has 0 atom stereocenters. The van der Waals surface area contributed by atoms with Crippen LogP contribution < -0.4 is 4.72 Å². The van der Waals surface area contributed by atoms with Crippen molar-refractivity contribution in [3.8, 4) is 0 Å². The number of alkyl halides is 3. The van der Waals surface area contributed by atoms with Crippen LogP contribution in [0, 0.1) is 0 Å². The number of hydrogen-bond acceptors (Lipinski definition) is 4. The summed E-state index contributed by atoms with van der Waals surface area (Å²) in [6, 6.07) is 7.45. The molecule has 2 aromatic rings. The van der Waals surface area contributed by atoms with Crippen molar-refractivity contribution in [1.82, 2.24) is 0 Å². The van der Waals surface area contributed by atoms with E-state index in [-0.39, 0.29) is 22.8 Å². The van der Waals surface area contributed by atoms with Gasteiger partial charge < -0.3 is 4.74 Å².